The van der Waals surface area contributed by atoms with Crippen LogP contribution < -0.4 is 10.5 Å². The molecule has 0 aliphatic carbocycles. The number of hydrogen-bond donors (Lipinski definition) is 1. The second-order valence-corrected chi connectivity index (χ2v) is 12.9. The van der Waals surface area contributed by atoms with Crippen molar-refractivity contribution in [3.8, 4) is 5.75 Å². The lowest BCUT2D eigenvalue weighted by Gasteiger charge is -2.29. The molecule has 1 aliphatic rings. The first kappa shape index (κ1) is 49.6. The van der Waals surface area contributed by atoms with Crippen molar-refractivity contribution in [3.63, 3.8) is 0 Å². The quantitative estimate of drug-likeness (QED) is 0.151. The van der Waals surface area contributed by atoms with Crippen molar-refractivity contribution in [1.82, 2.24) is 4.90 Å². The maximum absolute atomic E-state index is 10.3. The molecule has 0 aromatic heterocycles. The van der Waals surface area contributed by atoms with Gasteiger partial charge in [-0.3, -0.25) is 0 Å². The first-order valence-electron chi connectivity index (χ1n) is 19.3. The van der Waals surface area contributed by atoms with Crippen molar-refractivity contribution in [2.24, 2.45) is 5.73 Å². The molecule has 1 heterocycles. The normalized spacial score (nSPS) is 13.0. The van der Waals surface area contributed by atoms with Gasteiger partial charge in [0.25, 0.3) is 0 Å². The van der Waals surface area contributed by atoms with Crippen LogP contribution in [0.5, 0.6) is 5.75 Å². The molecule has 3 aromatic carbocycles. The van der Waals surface area contributed by atoms with Gasteiger partial charge < -0.3 is 20.2 Å². The minimum absolute atomic E-state index is 0.456. The first-order chi connectivity index (χ1) is 24.6. The lowest BCUT2D eigenvalue weighted by Crippen LogP contribution is -2.33. The van der Waals surface area contributed by atoms with Crippen LogP contribution in [-0.4, -0.2) is 45.0 Å². The Balaban J connectivity index is 0. The van der Waals surface area contributed by atoms with E-state index in [4.69, 9.17) is 4.74 Å². The molecule has 0 amide bonds. The Bertz CT molecular complexity index is 1320. The molecule has 4 nitrogen and oxygen atoms in total. The van der Waals surface area contributed by atoms with Gasteiger partial charge in [0, 0.05) is 12.5 Å². The third-order valence-electron chi connectivity index (χ3n) is 8.85. The van der Waals surface area contributed by atoms with Gasteiger partial charge in [0.15, 0.2) is 0 Å². The van der Waals surface area contributed by atoms with Gasteiger partial charge in [0.05, 0.1) is 7.11 Å². The van der Waals surface area contributed by atoms with E-state index >= 15 is 0 Å². The molecule has 0 radical (unpaired) electrons. The fraction of sp³-hybridized carbons (Fsp3) is 0.511. The summed E-state index contributed by atoms with van der Waals surface area (Å²) in [6, 6.07) is 20.8. The molecular formula is C47H76N2O2. The van der Waals surface area contributed by atoms with E-state index in [1.54, 1.807) is 13.2 Å². The Kier molecular flexibility index (Phi) is 31.6. The number of methoxy groups -OCH3 is 1. The Morgan fingerprint density at radius 3 is 1.98 bits per heavy atom. The van der Waals surface area contributed by atoms with E-state index in [0.29, 0.717) is 6.42 Å². The smallest absolute Gasteiger partial charge is 0.124 e. The monoisotopic (exact) mass is 701 g/mol. The van der Waals surface area contributed by atoms with Crippen molar-refractivity contribution in [2.45, 2.75) is 132 Å². The molecule has 1 aliphatic heterocycles. The van der Waals surface area contributed by atoms with E-state index in [1.807, 2.05) is 52.8 Å². The number of nitrogens with zero attached hydrogens (tertiary/aromatic N) is 1. The molecule has 1 atom stereocenters. The average Bonchev–Trinajstić information content (AvgIpc) is 3.14. The Labute approximate surface area is 315 Å². The van der Waals surface area contributed by atoms with Crippen molar-refractivity contribution >= 4 is 6.29 Å². The van der Waals surface area contributed by atoms with Crippen LogP contribution in [0.3, 0.4) is 0 Å². The van der Waals surface area contributed by atoms with Gasteiger partial charge in [-0.05, 0) is 157 Å². The zero-order valence-electron chi connectivity index (χ0n) is 34.7. The molecule has 4 heteroatoms. The fourth-order valence-corrected chi connectivity index (χ4v) is 5.69. The minimum atomic E-state index is 0.456. The van der Waals surface area contributed by atoms with Crippen LogP contribution in [0.4, 0.5) is 0 Å². The highest BCUT2D eigenvalue weighted by Crippen LogP contribution is 2.23. The second-order valence-electron chi connectivity index (χ2n) is 12.9. The zero-order chi connectivity index (χ0) is 39.0. The number of aldehydes is 1. The number of ether oxygens (including phenoxy) is 1. The van der Waals surface area contributed by atoms with Gasteiger partial charge in [0.2, 0.25) is 0 Å². The number of carbonyl (C=O) groups is 1. The number of rotatable bonds is 12. The molecule has 1 saturated heterocycles. The van der Waals surface area contributed by atoms with E-state index in [2.05, 4.69) is 94.1 Å². The van der Waals surface area contributed by atoms with Gasteiger partial charge in [-0.15, -0.1) is 13.2 Å². The summed E-state index contributed by atoms with van der Waals surface area (Å²) in [5, 5.41) is 0. The van der Waals surface area contributed by atoms with Crippen LogP contribution >= 0.6 is 0 Å². The molecule has 0 saturated carbocycles. The molecule has 2 N–H and O–H groups in total. The summed E-state index contributed by atoms with van der Waals surface area (Å²) >= 11 is 0. The second kappa shape index (κ2) is 32.4. The Morgan fingerprint density at radius 1 is 0.863 bits per heavy atom. The topological polar surface area (TPSA) is 55.6 Å². The minimum Gasteiger partial charge on any atom is -0.496 e. The van der Waals surface area contributed by atoms with Gasteiger partial charge in [-0.25, -0.2) is 0 Å². The van der Waals surface area contributed by atoms with Gasteiger partial charge in [0.1, 0.15) is 12.0 Å². The van der Waals surface area contributed by atoms with Crippen LogP contribution in [0.1, 0.15) is 118 Å². The number of hydrogen-bond acceptors (Lipinski definition) is 4. The average molecular weight is 701 g/mol. The van der Waals surface area contributed by atoms with Crippen LogP contribution in [0.15, 0.2) is 79.9 Å². The SMILES string of the molecule is C=CC.C=CCCc1cccc(CCCc2ccc(C)c(CCC)c2)c1.CC.CC1CCCCN1C.CN.COc1cc(CC=O)cc(C)c1C. The fourth-order valence-electron chi connectivity index (χ4n) is 5.69. The van der Waals surface area contributed by atoms with Crippen LogP contribution in [0.25, 0.3) is 0 Å². The third kappa shape index (κ3) is 22.2. The molecule has 286 valence electrons. The van der Waals surface area contributed by atoms with Crippen molar-refractivity contribution < 1.29 is 9.53 Å². The van der Waals surface area contributed by atoms with E-state index < -0.39 is 0 Å². The summed E-state index contributed by atoms with van der Waals surface area (Å²) in [4.78, 5) is 12.8. The van der Waals surface area contributed by atoms with E-state index in [1.165, 1.54) is 92.8 Å². The molecular weight excluding hydrogens is 625 g/mol. The lowest BCUT2D eigenvalue weighted by atomic mass is 9.97. The van der Waals surface area contributed by atoms with Crippen molar-refractivity contribution in [3.05, 3.63) is 124 Å². The highest BCUT2D eigenvalue weighted by molar-refractivity contribution is 5.57. The van der Waals surface area contributed by atoms with E-state index in [-0.39, 0.29) is 0 Å². The summed E-state index contributed by atoms with van der Waals surface area (Å²) < 4.78 is 5.20. The zero-order valence-corrected chi connectivity index (χ0v) is 34.7. The number of likely N-dealkylation sites (tertiary alicyclic amines) is 1. The van der Waals surface area contributed by atoms with Crippen LogP contribution in [0.2, 0.25) is 0 Å². The predicted molar refractivity (Wildman–Crippen MR) is 228 cm³/mol. The highest BCUT2D eigenvalue weighted by Gasteiger charge is 2.12. The largest absolute Gasteiger partial charge is 0.496 e. The van der Waals surface area contributed by atoms with Gasteiger partial charge >= 0.3 is 0 Å². The molecule has 0 spiro atoms. The lowest BCUT2D eigenvalue weighted by molar-refractivity contribution is -0.107. The Hall–Kier alpha value is -3.47. The molecule has 0 bridgehead atoms. The van der Waals surface area contributed by atoms with Crippen LogP contribution in [-0.2, 0) is 36.9 Å². The summed E-state index contributed by atoms with van der Waals surface area (Å²) in [6.07, 6.45) is 17.5. The summed E-state index contributed by atoms with van der Waals surface area (Å²) in [5.41, 5.74) is 15.2. The number of carbonyl (C=O) groups excluding carboxylic acids is 1. The summed E-state index contributed by atoms with van der Waals surface area (Å²) in [7, 11) is 5.36. The molecule has 1 fully saturated rings. The molecule has 4 rings (SSSR count). The number of aryl methyl sites for hydroxylation is 6. The molecule has 51 heavy (non-hydrogen) atoms. The number of nitrogens with two attached hydrogens (primary N) is 1. The highest BCUT2D eigenvalue weighted by atomic mass is 16.5. The third-order valence-corrected chi connectivity index (χ3v) is 8.85. The summed E-state index contributed by atoms with van der Waals surface area (Å²) in [5.74, 6) is 0.858. The first-order valence-corrected chi connectivity index (χ1v) is 19.3. The number of piperidine rings is 1. The number of allylic oxidation sites excluding steroid dienone is 2. The standard InChI is InChI=1S/C23H30.C11H14O2.C7H15N.C3H6.C2H6.CH5N/c1-4-6-10-20-11-7-12-21(17-20)13-8-14-22-16-15-19(3)23(18-22)9-5-2;1-8-6-10(4-5-12)7-11(13-3)9(8)2;1-7-5-3-4-6-8(7)2;1-3-2;2*1-2/h4,7,11-12,15-18H,1,5-6,8-10,13-14H2,2-3H3;5-7H,4H2,1-3H3;7H,3-6H2,1-2H3;3H,1H2,2H3;1-2H3;2H2,1H3. The van der Waals surface area contributed by atoms with Crippen molar-refractivity contribution in [1.29, 1.82) is 0 Å². The van der Waals surface area contributed by atoms with E-state index in [9.17, 15) is 4.79 Å². The molecule has 1 unspecified atom stereocenters. The predicted octanol–water partition coefficient (Wildman–Crippen LogP) is 11.6. The van der Waals surface area contributed by atoms with Gasteiger partial charge in [-0.1, -0.05) is 94.3 Å². The van der Waals surface area contributed by atoms with E-state index in [0.717, 1.165) is 47.6 Å². The molecule has 3 aromatic rings. The Morgan fingerprint density at radius 2 is 1.47 bits per heavy atom. The van der Waals surface area contributed by atoms with Crippen LogP contribution in [0, 0.1) is 20.8 Å². The van der Waals surface area contributed by atoms with Crippen molar-refractivity contribution in [2.75, 3.05) is 27.7 Å². The summed E-state index contributed by atoms with van der Waals surface area (Å²) in [6.45, 7) is 25.2. The maximum atomic E-state index is 10.3. The number of benzene rings is 3. The van der Waals surface area contributed by atoms with Gasteiger partial charge in [-0.2, -0.15) is 0 Å². The maximum Gasteiger partial charge on any atom is 0.124 e.